The smallest absolute Gasteiger partial charge is 0.251 e. The van der Waals surface area contributed by atoms with Crippen LogP contribution in [-0.4, -0.2) is 54.6 Å². The van der Waals surface area contributed by atoms with Crippen LogP contribution in [-0.2, 0) is 16.0 Å². The molecule has 0 radical (unpaired) electrons. The van der Waals surface area contributed by atoms with Crippen LogP contribution in [0.15, 0.2) is 24.3 Å². The summed E-state index contributed by atoms with van der Waals surface area (Å²) in [6.07, 6.45) is 2.85. The second-order valence-corrected chi connectivity index (χ2v) is 6.29. The van der Waals surface area contributed by atoms with Crippen molar-refractivity contribution in [1.82, 2.24) is 9.80 Å². The summed E-state index contributed by atoms with van der Waals surface area (Å²) in [7, 11) is 0. The molecule has 0 saturated carbocycles. The summed E-state index contributed by atoms with van der Waals surface area (Å²) in [5, 5.41) is 0. The van der Waals surface area contributed by atoms with Crippen molar-refractivity contribution in [3.05, 3.63) is 35.4 Å². The molecule has 2 atom stereocenters. The van der Waals surface area contributed by atoms with E-state index in [0.29, 0.717) is 6.04 Å². The number of benzene rings is 1. The van der Waals surface area contributed by atoms with E-state index in [-0.39, 0.29) is 12.0 Å². The summed E-state index contributed by atoms with van der Waals surface area (Å²) in [4.78, 5) is 17.1. The Bertz CT molecular complexity index is 539. The predicted molar refractivity (Wildman–Crippen MR) is 80.0 cm³/mol. The molecule has 112 valence electrons. The SMILES string of the molecule is O=C(C1CCCO1)N1CCN2CCc3ccccc3C2C1. The van der Waals surface area contributed by atoms with Crippen molar-refractivity contribution in [2.24, 2.45) is 0 Å². The minimum atomic E-state index is -0.185. The first-order valence-electron chi connectivity index (χ1n) is 8.05. The van der Waals surface area contributed by atoms with Crippen molar-refractivity contribution in [3.8, 4) is 0 Å². The molecule has 4 heteroatoms. The number of nitrogens with zero attached hydrogens (tertiary/aromatic N) is 2. The largest absolute Gasteiger partial charge is 0.368 e. The van der Waals surface area contributed by atoms with Gasteiger partial charge in [0.15, 0.2) is 0 Å². The van der Waals surface area contributed by atoms with Crippen LogP contribution < -0.4 is 0 Å². The van der Waals surface area contributed by atoms with Gasteiger partial charge in [-0.1, -0.05) is 24.3 Å². The summed E-state index contributed by atoms with van der Waals surface area (Å²) in [5.41, 5.74) is 2.86. The molecule has 21 heavy (non-hydrogen) atoms. The molecule has 2 saturated heterocycles. The lowest BCUT2D eigenvalue weighted by molar-refractivity contribution is -0.144. The molecule has 3 heterocycles. The molecule has 2 fully saturated rings. The molecular weight excluding hydrogens is 264 g/mol. The van der Waals surface area contributed by atoms with E-state index in [1.807, 2.05) is 4.90 Å². The van der Waals surface area contributed by atoms with Gasteiger partial charge in [0, 0.05) is 32.8 Å². The van der Waals surface area contributed by atoms with Gasteiger partial charge in [-0.05, 0) is 30.4 Å². The number of piperazine rings is 1. The molecule has 1 aromatic rings. The van der Waals surface area contributed by atoms with Crippen molar-refractivity contribution >= 4 is 5.91 Å². The van der Waals surface area contributed by atoms with Crippen molar-refractivity contribution in [1.29, 1.82) is 0 Å². The zero-order valence-corrected chi connectivity index (χ0v) is 12.3. The summed E-state index contributed by atoms with van der Waals surface area (Å²) in [6, 6.07) is 9.06. The minimum Gasteiger partial charge on any atom is -0.368 e. The maximum Gasteiger partial charge on any atom is 0.251 e. The lowest BCUT2D eigenvalue weighted by Gasteiger charge is -2.45. The van der Waals surface area contributed by atoms with Gasteiger partial charge in [0.1, 0.15) is 6.10 Å². The summed E-state index contributed by atoms with van der Waals surface area (Å²) < 4.78 is 5.57. The lowest BCUT2D eigenvalue weighted by atomic mass is 9.91. The Labute approximate surface area is 125 Å². The van der Waals surface area contributed by atoms with Crippen LogP contribution in [0.5, 0.6) is 0 Å². The van der Waals surface area contributed by atoms with Crippen LogP contribution in [0.1, 0.15) is 30.0 Å². The van der Waals surface area contributed by atoms with Crippen molar-refractivity contribution in [2.75, 3.05) is 32.8 Å². The average molecular weight is 286 g/mol. The maximum absolute atomic E-state index is 12.6. The van der Waals surface area contributed by atoms with Crippen LogP contribution in [0.4, 0.5) is 0 Å². The first-order valence-corrected chi connectivity index (χ1v) is 8.05. The minimum absolute atomic E-state index is 0.185. The van der Waals surface area contributed by atoms with E-state index >= 15 is 0 Å². The van der Waals surface area contributed by atoms with E-state index in [0.717, 1.165) is 52.0 Å². The van der Waals surface area contributed by atoms with Crippen LogP contribution in [0, 0.1) is 0 Å². The highest BCUT2D eigenvalue weighted by Crippen LogP contribution is 2.33. The molecule has 2 unspecified atom stereocenters. The van der Waals surface area contributed by atoms with Crippen LogP contribution in [0.25, 0.3) is 0 Å². The molecule has 3 aliphatic rings. The number of hydrogen-bond donors (Lipinski definition) is 0. The van der Waals surface area contributed by atoms with Crippen LogP contribution >= 0.6 is 0 Å². The van der Waals surface area contributed by atoms with Gasteiger partial charge in [0.25, 0.3) is 5.91 Å². The number of rotatable bonds is 1. The Morgan fingerprint density at radius 3 is 2.95 bits per heavy atom. The van der Waals surface area contributed by atoms with E-state index < -0.39 is 0 Å². The number of carbonyl (C=O) groups is 1. The zero-order valence-electron chi connectivity index (χ0n) is 12.3. The van der Waals surface area contributed by atoms with E-state index in [1.165, 1.54) is 11.1 Å². The normalized spacial score (nSPS) is 29.0. The van der Waals surface area contributed by atoms with Crippen molar-refractivity contribution in [2.45, 2.75) is 31.4 Å². The molecule has 0 aliphatic carbocycles. The maximum atomic E-state index is 12.6. The Morgan fingerprint density at radius 1 is 1.19 bits per heavy atom. The number of hydrogen-bond acceptors (Lipinski definition) is 3. The van der Waals surface area contributed by atoms with Gasteiger partial charge < -0.3 is 9.64 Å². The molecule has 3 aliphatic heterocycles. The van der Waals surface area contributed by atoms with Crippen LogP contribution in [0.2, 0.25) is 0 Å². The predicted octanol–water partition coefficient (Wildman–Crippen LogP) is 1.61. The van der Waals surface area contributed by atoms with Gasteiger partial charge in [-0.15, -0.1) is 0 Å². The first kappa shape index (κ1) is 13.3. The highest BCUT2D eigenvalue weighted by Gasteiger charge is 2.36. The van der Waals surface area contributed by atoms with Crippen LogP contribution in [0.3, 0.4) is 0 Å². The van der Waals surface area contributed by atoms with E-state index in [1.54, 1.807) is 0 Å². The monoisotopic (exact) mass is 286 g/mol. The Morgan fingerprint density at radius 2 is 2.10 bits per heavy atom. The number of fused-ring (bicyclic) bond motifs is 3. The zero-order chi connectivity index (χ0) is 14.2. The molecule has 0 aromatic heterocycles. The third-order valence-corrected chi connectivity index (χ3v) is 5.09. The highest BCUT2D eigenvalue weighted by molar-refractivity contribution is 5.81. The second-order valence-electron chi connectivity index (χ2n) is 6.29. The van der Waals surface area contributed by atoms with Gasteiger partial charge in [-0.2, -0.15) is 0 Å². The molecule has 0 N–H and O–H groups in total. The Balaban J connectivity index is 1.54. The third-order valence-electron chi connectivity index (χ3n) is 5.09. The molecule has 1 aromatic carbocycles. The molecule has 4 rings (SSSR count). The summed E-state index contributed by atoms with van der Waals surface area (Å²) in [5.74, 6) is 0.204. The second kappa shape index (κ2) is 5.43. The first-order chi connectivity index (χ1) is 10.3. The lowest BCUT2D eigenvalue weighted by Crippen LogP contribution is -2.54. The third kappa shape index (κ3) is 2.36. The molecule has 4 nitrogen and oxygen atoms in total. The number of amides is 1. The van der Waals surface area contributed by atoms with Crippen molar-refractivity contribution in [3.63, 3.8) is 0 Å². The number of ether oxygens (including phenoxy) is 1. The molecular formula is C17H22N2O2. The molecule has 0 bridgehead atoms. The number of carbonyl (C=O) groups excluding carboxylic acids is 1. The van der Waals surface area contributed by atoms with Gasteiger partial charge in [0.2, 0.25) is 0 Å². The van der Waals surface area contributed by atoms with E-state index in [2.05, 4.69) is 29.2 Å². The average Bonchev–Trinajstić information content (AvgIpc) is 3.08. The quantitative estimate of drug-likeness (QED) is 0.786. The summed E-state index contributed by atoms with van der Waals surface area (Å²) >= 11 is 0. The standard InChI is InChI=1S/C17H22N2O2/c20-17(16-6-3-11-21-16)19-10-9-18-8-7-13-4-1-2-5-14(13)15(18)12-19/h1-2,4-5,15-16H,3,6-12H2. The van der Waals surface area contributed by atoms with E-state index in [9.17, 15) is 4.79 Å². The summed E-state index contributed by atoms with van der Waals surface area (Å²) in [6.45, 7) is 4.50. The fourth-order valence-electron chi connectivity index (χ4n) is 3.91. The fourth-order valence-corrected chi connectivity index (χ4v) is 3.91. The van der Waals surface area contributed by atoms with Crippen molar-refractivity contribution < 1.29 is 9.53 Å². The molecule has 1 amide bonds. The van der Waals surface area contributed by atoms with Gasteiger partial charge in [-0.3, -0.25) is 9.69 Å². The highest BCUT2D eigenvalue weighted by atomic mass is 16.5. The van der Waals surface area contributed by atoms with Gasteiger partial charge in [-0.25, -0.2) is 0 Å². The Hall–Kier alpha value is -1.39. The fraction of sp³-hybridized carbons (Fsp3) is 0.588. The van der Waals surface area contributed by atoms with Gasteiger partial charge >= 0.3 is 0 Å². The van der Waals surface area contributed by atoms with Gasteiger partial charge in [0.05, 0.1) is 6.04 Å². The molecule has 0 spiro atoms. The topological polar surface area (TPSA) is 32.8 Å². The van der Waals surface area contributed by atoms with E-state index in [4.69, 9.17) is 4.74 Å². The Kier molecular flexibility index (Phi) is 3.43.